The molecule has 1 aromatic rings. The number of fused-ring (bicyclic) bond motifs is 1. The topological polar surface area (TPSA) is 82.6 Å². The summed E-state index contributed by atoms with van der Waals surface area (Å²) in [4.78, 5) is 20.7. The van der Waals surface area contributed by atoms with E-state index in [0.29, 0.717) is 44.3 Å². The van der Waals surface area contributed by atoms with Gasteiger partial charge in [-0.2, -0.15) is 0 Å². The molecule has 0 saturated carbocycles. The fourth-order valence-corrected chi connectivity index (χ4v) is 2.20. The van der Waals surface area contributed by atoms with Gasteiger partial charge in [-0.05, 0) is 13.0 Å². The van der Waals surface area contributed by atoms with Crippen molar-refractivity contribution in [1.29, 1.82) is 0 Å². The van der Waals surface area contributed by atoms with Crippen LogP contribution in [0.2, 0.25) is 0 Å². The molecule has 0 atom stereocenters. The molecule has 0 amide bonds. The molecule has 0 saturated heterocycles. The number of carbonyl (C=O) groups excluding carboxylic acids is 1. The number of carbonyl (C=O) groups is 1. The summed E-state index contributed by atoms with van der Waals surface area (Å²) in [7, 11) is 3.00. The van der Waals surface area contributed by atoms with Gasteiger partial charge in [0.1, 0.15) is 5.82 Å². The lowest BCUT2D eigenvalue weighted by Crippen LogP contribution is -2.28. The van der Waals surface area contributed by atoms with E-state index >= 15 is 0 Å². The number of nitrogens with one attached hydrogen (secondary N) is 1. The lowest BCUT2D eigenvalue weighted by Gasteiger charge is -2.19. The molecule has 1 aliphatic heterocycles. The number of esters is 1. The normalized spacial score (nSPS) is 13.8. The fourth-order valence-electron chi connectivity index (χ4n) is 2.20. The van der Waals surface area contributed by atoms with Crippen LogP contribution in [0.4, 0.5) is 0 Å². The molecule has 7 nitrogen and oxygen atoms in total. The van der Waals surface area contributed by atoms with E-state index in [9.17, 15) is 4.79 Å². The smallest absolute Gasteiger partial charge is 0.357 e. The molecule has 1 N–H and O–H groups in total. The summed E-state index contributed by atoms with van der Waals surface area (Å²) in [6.45, 7) is 3.06. The Hall–Kier alpha value is -1.57. The Morgan fingerprint density at radius 3 is 2.86 bits per heavy atom. The first-order valence-corrected chi connectivity index (χ1v) is 7.00. The second-order valence-corrected chi connectivity index (χ2v) is 4.69. The van der Waals surface area contributed by atoms with Crippen LogP contribution in [0.1, 0.15) is 27.6 Å². The van der Waals surface area contributed by atoms with E-state index in [1.807, 2.05) is 0 Å². The SMILES string of the molecule is COCCOCCc1nc2c(c(C(=O)OC)n1)CCNC2. The summed E-state index contributed by atoms with van der Waals surface area (Å²) in [5, 5.41) is 3.25. The standard InChI is InChI=1S/C14H21N3O4/c1-19-7-8-21-6-4-12-16-11-9-15-5-3-10(11)13(17-12)14(18)20-2/h15H,3-9H2,1-2H3. The van der Waals surface area contributed by atoms with Gasteiger partial charge in [0, 0.05) is 25.6 Å². The molecule has 0 aromatic carbocycles. The molecule has 2 heterocycles. The highest BCUT2D eigenvalue weighted by Gasteiger charge is 2.22. The number of hydrogen-bond donors (Lipinski definition) is 1. The van der Waals surface area contributed by atoms with E-state index in [2.05, 4.69) is 15.3 Å². The van der Waals surface area contributed by atoms with Crippen molar-refractivity contribution in [3.05, 3.63) is 22.8 Å². The third-order valence-electron chi connectivity index (χ3n) is 3.26. The molecular weight excluding hydrogens is 274 g/mol. The maximum absolute atomic E-state index is 11.9. The first-order valence-electron chi connectivity index (χ1n) is 7.00. The summed E-state index contributed by atoms with van der Waals surface area (Å²) in [5.74, 6) is 0.201. The molecule has 0 fully saturated rings. The summed E-state index contributed by atoms with van der Waals surface area (Å²) < 4.78 is 15.1. The number of hydrogen-bond acceptors (Lipinski definition) is 7. The minimum absolute atomic E-state index is 0.385. The van der Waals surface area contributed by atoms with Crippen molar-refractivity contribution in [2.24, 2.45) is 0 Å². The maximum atomic E-state index is 11.9. The van der Waals surface area contributed by atoms with Crippen LogP contribution in [0.25, 0.3) is 0 Å². The Balaban J connectivity index is 2.09. The maximum Gasteiger partial charge on any atom is 0.357 e. The van der Waals surface area contributed by atoms with E-state index in [-0.39, 0.29) is 0 Å². The molecule has 0 bridgehead atoms. The zero-order valence-corrected chi connectivity index (χ0v) is 12.5. The first-order chi connectivity index (χ1) is 10.3. The Bertz CT molecular complexity index is 493. The van der Waals surface area contributed by atoms with Gasteiger partial charge >= 0.3 is 5.97 Å². The van der Waals surface area contributed by atoms with Gasteiger partial charge in [-0.1, -0.05) is 0 Å². The van der Waals surface area contributed by atoms with Crippen LogP contribution < -0.4 is 5.32 Å². The summed E-state index contributed by atoms with van der Waals surface area (Å²) in [6, 6.07) is 0. The second-order valence-electron chi connectivity index (χ2n) is 4.69. The zero-order chi connectivity index (χ0) is 15.1. The van der Waals surface area contributed by atoms with Crippen LogP contribution in [-0.2, 0) is 33.6 Å². The van der Waals surface area contributed by atoms with Crippen molar-refractivity contribution >= 4 is 5.97 Å². The quantitative estimate of drug-likeness (QED) is 0.565. The first kappa shape index (κ1) is 15.8. The van der Waals surface area contributed by atoms with Gasteiger partial charge in [0.2, 0.25) is 0 Å². The largest absolute Gasteiger partial charge is 0.464 e. The van der Waals surface area contributed by atoms with E-state index in [1.165, 1.54) is 7.11 Å². The molecule has 2 rings (SSSR count). The Kier molecular flexibility index (Phi) is 6.04. The number of ether oxygens (including phenoxy) is 3. The average Bonchev–Trinajstić information content (AvgIpc) is 2.53. The highest BCUT2D eigenvalue weighted by molar-refractivity contribution is 5.89. The van der Waals surface area contributed by atoms with Crippen molar-refractivity contribution in [1.82, 2.24) is 15.3 Å². The fraction of sp³-hybridized carbons (Fsp3) is 0.643. The van der Waals surface area contributed by atoms with E-state index in [1.54, 1.807) is 7.11 Å². The van der Waals surface area contributed by atoms with E-state index in [4.69, 9.17) is 14.2 Å². The molecule has 1 aliphatic rings. The molecule has 0 radical (unpaired) electrons. The van der Waals surface area contributed by atoms with Crippen LogP contribution in [-0.4, -0.2) is 56.5 Å². The van der Waals surface area contributed by atoms with Gasteiger partial charge in [-0.25, -0.2) is 14.8 Å². The summed E-state index contributed by atoms with van der Waals surface area (Å²) >= 11 is 0. The van der Waals surface area contributed by atoms with Crippen LogP contribution in [0.3, 0.4) is 0 Å². The lowest BCUT2D eigenvalue weighted by atomic mass is 10.0. The van der Waals surface area contributed by atoms with Crippen LogP contribution >= 0.6 is 0 Å². The highest BCUT2D eigenvalue weighted by atomic mass is 16.5. The third-order valence-corrected chi connectivity index (χ3v) is 3.26. The van der Waals surface area contributed by atoms with Gasteiger partial charge in [-0.3, -0.25) is 0 Å². The van der Waals surface area contributed by atoms with Crippen molar-refractivity contribution in [3.63, 3.8) is 0 Å². The minimum atomic E-state index is -0.405. The monoisotopic (exact) mass is 295 g/mol. The number of rotatable bonds is 7. The van der Waals surface area contributed by atoms with Gasteiger partial charge in [0.25, 0.3) is 0 Å². The van der Waals surface area contributed by atoms with Crippen LogP contribution in [0.5, 0.6) is 0 Å². The molecule has 0 aliphatic carbocycles. The minimum Gasteiger partial charge on any atom is -0.464 e. The molecule has 21 heavy (non-hydrogen) atoms. The third kappa shape index (κ3) is 4.20. The second kappa shape index (κ2) is 8.02. The molecule has 0 unspecified atom stereocenters. The van der Waals surface area contributed by atoms with Crippen molar-refractivity contribution in [2.45, 2.75) is 19.4 Å². The van der Waals surface area contributed by atoms with Crippen LogP contribution in [0, 0.1) is 0 Å². The van der Waals surface area contributed by atoms with Gasteiger partial charge in [0.15, 0.2) is 5.69 Å². The Morgan fingerprint density at radius 2 is 2.10 bits per heavy atom. The Labute approximate surface area is 124 Å². The van der Waals surface area contributed by atoms with Crippen molar-refractivity contribution in [2.75, 3.05) is 40.6 Å². The van der Waals surface area contributed by atoms with Crippen molar-refractivity contribution < 1.29 is 19.0 Å². The summed E-state index contributed by atoms with van der Waals surface area (Å²) in [6.07, 6.45) is 1.30. The van der Waals surface area contributed by atoms with E-state index < -0.39 is 5.97 Å². The highest BCUT2D eigenvalue weighted by Crippen LogP contribution is 2.17. The predicted octanol–water partition coefficient (Wildman–Crippen LogP) is 0.114. The molecule has 116 valence electrons. The van der Waals surface area contributed by atoms with Gasteiger partial charge in [-0.15, -0.1) is 0 Å². The molecular formula is C14H21N3O4. The molecule has 1 aromatic heterocycles. The lowest BCUT2D eigenvalue weighted by molar-refractivity contribution is 0.0590. The van der Waals surface area contributed by atoms with E-state index in [0.717, 1.165) is 24.2 Å². The number of aromatic nitrogens is 2. The molecule has 0 spiro atoms. The van der Waals surface area contributed by atoms with Gasteiger partial charge < -0.3 is 19.5 Å². The average molecular weight is 295 g/mol. The van der Waals surface area contributed by atoms with Crippen LogP contribution in [0.15, 0.2) is 0 Å². The van der Waals surface area contributed by atoms with Crippen molar-refractivity contribution in [3.8, 4) is 0 Å². The number of methoxy groups -OCH3 is 2. The van der Waals surface area contributed by atoms with Gasteiger partial charge in [0.05, 0.1) is 32.6 Å². The molecule has 7 heteroatoms. The number of nitrogens with zero attached hydrogens (tertiary/aromatic N) is 2. The predicted molar refractivity (Wildman–Crippen MR) is 75.2 cm³/mol. The Morgan fingerprint density at radius 1 is 1.24 bits per heavy atom. The zero-order valence-electron chi connectivity index (χ0n) is 12.5. The summed E-state index contributed by atoms with van der Waals surface area (Å²) in [5.41, 5.74) is 2.16.